The van der Waals surface area contributed by atoms with Gasteiger partial charge in [0.2, 0.25) is 5.91 Å². The molecule has 4 unspecified atom stereocenters. The van der Waals surface area contributed by atoms with E-state index in [0.717, 1.165) is 11.4 Å². The predicted octanol–water partition coefficient (Wildman–Crippen LogP) is 1.18. The molecular weight excluding hydrogens is 471 g/mol. The minimum atomic E-state index is -1.26. The number of rotatable bonds is 7. The first-order chi connectivity index (χ1) is 17.4. The van der Waals surface area contributed by atoms with Gasteiger partial charge in [0, 0.05) is 38.4 Å². The second kappa shape index (κ2) is 11.5. The number of nitrogens with one attached hydrogen (secondary N) is 2. The number of hydrogen-bond acceptors (Lipinski definition) is 7. The average molecular weight is 503 g/mol. The van der Waals surface area contributed by atoms with Gasteiger partial charge in [-0.25, -0.2) is 9.18 Å². The molecule has 4 rings (SSSR count). The summed E-state index contributed by atoms with van der Waals surface area (Å²) in [5.41, 5.74) is 1.25. The summed E-state index contributed by atoms with van der Waals surface area (Å²) in [6.45, 7) is 2.19. The number of carbonyl (C=O) groups is 2. The van der Waals surface area contributed by atoms with Crippen LogP contribution in [-0.2, 0) is 9.53 Å². The van der Waals surface area contributed by atoms with E-state index in [1.54, 1.807) is 12.0 Å². The molecule has 36 heavy (non-hydrogen) atoms. The summed E-state index contributed by atoms with van der Waals surface area (Å²) in [6, 6.07) is 12.5. The van der Waals surface area contributed by atoms with Crippen LogP contribution in [-0.4, -0.2) is 91.3 Å². The Morgan fingerprint density at radius 3 is 2.50 bits per heavy atom. The number of ether oxygens (including phenoxy) is 2. The van der Waals surface area contributed by atoms with Crippen molar-refractivity contribution in [3.63, 3.8) is 0 Å². The van der Waals surface area contributed by atoms with Gasteiger partial charge in [-0.15, -0.1) is 0 Å². The number of piperazine rings is 1. The minimum Gasteiger partial charge on any atom is -0.495 e. The van der Waals surface area contributed by atoms with Gasteiger partial charge in [0.25, 0.3) is 0 Å². The van der Waals surface area contributed by atoms with Crippen molar-refractivity contribution in [1.29, 1.82) is 0 Å². The molecule has 0 spiro atoms. The fourth-order valence-electron chi connectivity index (χ4n) is 4.49. The summed E-state index contributed by atoms with van der Waals surface area (Å²) < 4.78 is 24.4. The highest BCUT2D eigenvalue weighted by Gasteiger charge is 2.44. The molecule has 194 valence electrons. The van der Waals surface area contributed by atoms with Crippen LogP contribution >= 0.6 is 0 Å². The zero-order valence-corrected chi connectivity index (χ0v) is 20.0. The van der Waals surface area contributed by atoms with E-state index in [9.17, 15) is 24.2 Å². The molecule has 0 saturated carbocycles. The first-order valence-electron chi connectivity index (χ1n) is 11.8. The fourth-order valence-corrected chi connectivity index (χ4v) is 4.49. The maximum absolute atomic E-state index is 13.3. The van der Waals surface area contributed by atoms with Gasteiger partial charge in [-0.2, -0.15) is 0 Å². The number of carbonyl (C=O) groups excluding carboxylic acids is 2. The molecule has 0 aromatic heterocycles. The van der Waals surface area contributed by atoms with Crippen LogP contribution in [0.1, 0.15) is 6.42 Å². The van der Waals surface area contributed by atoms with E-state index in [2.05, 4.69) is 15.5 Å². The summed E-state index contributed by atoms with van der Waals surface area (Å²) in [5.74, 6) is 0.112. The van der Waals surface area contributed by atoms with Gasteiger partial charge < -0.3 is 40.1 Å². The van der Waals surface area contributed by atoms with Crippen LogP contribution in [0.3, 0.4) is 0 Å². The van der Waals surface area contributed by atoms with Crippen molar-refractivity contribution in [3.05, 3.63) is 54.3 Å². The fraction of sp³-hybridized carbons (Fsp3) is 0.440. The summed E-state index contributed by atoms with van der Waals surface area (Å²) in [5, 5.41) is 25.8. The third-order valence-electron chi connectivity index (χ3n) is 6.44. The average Bonchev–Trinajstić information content (AvgIpc) is 3.15. The molecule has 2 aliphatic heterocycles. The Balaban J connectivity index is 1.24. The number of methoxy groups -OCH3 is 1. The molecule has 2 fully saturated rings. The van der Waals surface area contributed by atoms with Crippen molar-refractivity contribution < 1.29 is 33.7 Å². The SMILES string of the molecule is COc1ccccc1N1CCN(C(=O)CC2OC(CNC(=O)Nc3cccc(F)c3)C(O)C2O)CC1. The van der Waals surface area contributed by atoms with Crippen molar-refractivity contribution in [2.24, 2.45) is 0 Å². The van der Waals surface area contributed by atoms with E-state index in [1.807, 2.05) is 24.3 Å². The molecule has 2 heterocycles. The Kier molecular flexibility index (Phi) is 8.24. The normalized spacial score (nSPS) is 23.9. The maximum atomic E-state index is 13.3. The Labute approximate surface area is 208 Å². The third-order valence-corrected chi connectivity index (χ3v) is 6.44. The van der Waals surface area contributed by atoms with Gasteiger partial charge in [0.05, 0.1) is 25.3 Å². The smallest absolute Gasteiger partial charge is 0.319 e. The lowest BCUT2D eigenvalue weighted by atomic mass is 10.0. The molecule has 2 saturated heterocycles. The van der Waals surface area contributed by atoms with E-state index in [1.165, 1.54) is 24.3 Å². The molecule has 0 aliphatic carbocycles. The molecule has 4 atom stereocenters. The molecule has 11 heteroatoms. The van der Waals surface area contributed by atoms with E-state index in [0.29, 0.717) is 26.2 Å². The number of benzene rings is 2. The summed E-state index contributed by atoms with van der Waals surface area (Å²) in [7, 11) is 1.62. The predicted molar refractivity (Wildman–Crippen MR) is 130 cm³/mol. The topological polar surface area (TPSA) is 124 Å². The molecule has 2 aliphatic rings. The van der Waals surface area contributed by atoms with Gasteiger partial charge in [-0.1, -0.05) is 18.2 Å². The Bertz CT molecular complexity index is 1060. The second-order valence-corrected chi connectivity index (χ2v) is 8.78. The lowest BCUT2D eigenvalue weighted by Gasteiger charge is -2.37. The number of halogens is 1. The van der Waals surface area contributed by atoms with Crippen molar-refractivity contribution in [3.8, 4) is 5.75 Å². The summed E-state index contributed by atoms with van der Waals surface area (Å²) in [4.78, 5) is 28.8. The molecule has 2 aromatic rings. The molecule has 10 nitrogen and oxygen atoms in total. The van der Waals surface area contributed by atoms with Crippen LogP contribution < -0.4 is 20.3 Å². The molecular formula is C25H31FN4O6. The molecule has 0 radical (unpaired) electrons. The lowest BCUT2D eigenvalue weighted by Crippen LogP contribution is -2.50. The van der Waals surface area contributed by atoms with E-state index in [-0.39, 0.29) is 24.6 Å². The highest BCUT2D eigenvalue weighted by Crippen LogP contribution is 2.29. The minimum absolute atomic E-state index is 0.0845. The van der Waals surface area contributed by atoms with Crippen molar-refractivity contribution in [2.75, 3.05) is 50.1 Å². The number of anilines is 2. The number of aliphatic hydroxyl groups excluding tert-OH is 2. The van der Waals surface area contributed by atoms with Gasteiger partial charge in [0.15, 0.2) is 0 Å². The lowest BCUT2D eigenvalue weighted by molar-refractivity contribution is -0.135. The molecule has 4 N–H and O–H groups in total. The van der Waals surface area contributed by atoms with E-state index in [4.69, 9.17) is 9.47 Å². The number of amides is 3. The quantitative estimate of drug-likeness (QED) is 0.448. The molecule has 0 bridgehead atoms. The first-order valence-corrected chi connectivity index (χ1v) is 11.8. The van der Waals surface area contributed by atoms with Crippen LogP contribution in [0.2, 0.25) is 0 Å². The van der Waals surface area contributed by atoms with Gasteiger partial charge in [-0.05, 0) is 30.3 Å². The monoisotopic (exact) mass is 502 g/mol. The van der Waals surface area contributed by atoms with E-state index >= 15 is 0 Å². The zero-order valence-electron chi connectivity index (χ0n) is 20.0. The van der Waals surface area contributed by atoms with Gasteiger partial charge in [0.1, 0.15) is 29.9 Å². The number of aliphatic hydroxyl groups is 2. The van der Waals surface area contributed by atoms with Crippen LogP contribution in [0, 0.1) is 5.82 Å². The number of urea groups is 1. The second-order valence-electron chi connectivity index (χ2n) is 8.78. The van der Waals surface area contributed by atoms with Crippen molar-refractivity contribution in [2.45, 2.75) is 30.8 Å². The Hall–Kier alpha value is -3.41. The summed E-state index contributed by atoms with van der Waals surface area (Å²) in [6.07, 6.45) is -4.39. The standard InChI is InChI=1S/C25H31FN4O6/c1-35-19-8-3-2-7-18(19)29-9-11-30(12-10-29)22(31)14-20-23(32)24(33)21(36-20)15-27-25(34)28-17-6-4-5-16(26)13-17/h2-8,13,20-21,23-24,32-33H,9-12,14-15H2,1H3,(H2,27,28,34). The molecule has 3 amide bonds. The number of para-hydroxylation sites is 2. The molecule has 2 aromatic carbocycles. The Morgan fingerprint density at radius 1 is 1.06 bits per heavy atom. The van der Waals surface area contributed by atoms with Crippen LogP contribution in [0.25, 0.3) is 0 Å². The third kappa shape index (κ3) is 6.04. The number of nitrogens with zero attached hydrogens (tertiary/aromatic N) is 2. The summed E-state index contributed by atoms with van der Waals surface area (Å²) >= 11 is 0. The number of hydrogen-bond donors (Lipinski definition) is 4. The van der Waals surface area contributed by atoms with Crippen LogP contribution in [0.5, 0.6) is 5.75 Å². The van der Waals surface area contributed by atoms with Crippen LogP contribution in [0.4, 0.5) is 20.6 Å². The van der Waals surface area contributed by atoms with Crippen molar-refractivity contribution >= 4 is 23.3 Å². The Morgan fingerprint density at radius 2 is 1.78 bits per heavy atom. The van der Waals surface area contributed by atoms with E-state index < -0.39 is 36.3 Å². The first kappa shape index (κ1) is 25.7. The maximum Gasteiger partial charge on any atom is 0.319 e. The van der Waals surface area contributed by atoms with Gasteiger partial charge in [-0.3, -0.25) is 4.79 Å². The largest absolute Gasteiger partial charge is 0.495 e. The van der Waals surface area contributed by atoms with Gasteiger partial charge >= 0.3 is 6.03 Å². The highest BCUT2D eigenvalue weighted by molar-refractivity contribution is 5.89. The van der Waals surface area contributed by atoms with Crippen LogP contribution in [0.15, 0.2) is 48.5 Å². The highest BCUT2D eigenvalue weighted by atomic mass is 19.1. The zero-order chi connectivity index (χ0) is 25.7. The van der Waals surface area contributed by atoms with Crippen molar-refractivity contribution in [1.82, 2.24) is 10.2 Å².